The molecule has 2 aromatic rings. The van der Waals surface area contributed by atoms with Crippen LogP contribution < -0.4 is 10.6 Å². The first kappa shape index (κ1) is 15.1. The van der Waals surface area contributed by atoms with E-state index in [9.17, 15) is 0 Å². The van der Waals surface area contributed by atoms with Crippen molar-refractivity contribution in [2.75, 3.05) is 11.9 Å². The molecule has 0 amide bonds. The van der Waals surface area contributed by atoms with Crippen LogP contribution in [0.3, 0.4) is 0 Å². The van der Waals surface area contributed by atoms with Gasteiger partial charge in [0.25, 0.3) is 0 Å². The standard InChI is InChI=1S/C13H14Cl2N4S/c14-10-2-4-12(5-3-10)18-13(20)16-6-1-7-19-9-11(15)8-17-19/h2-5,8-9H,1,6-7H2,(H2,16,18,20). The van der Waals surface area contributed by atoms with Gasteiger partial charge in [0.2, 0.25) is 0 Å². The average molecular weight is 329 g/mol. The van der Waals surface area contributed by atoms with Crippen LogP contribution in [0.1, 0.15) is 6.42 Å². The number of hydrogen-bond donors (Lipinski definition) is 2. The van der Waals surface area contributed by atoms with E-state index in [-0.39, 0.29) is 0 Å². The Morgan fingerprint density at radius 2 is 1.95 bits per heavy atom. The molecular weight excluding hydrogens is 315 g/mol. The fourth-order valence-corrected chi connectivity index (χ4v) is 2.11. The summed E-state index contributed by atoms with van der Waals surface area (Å²) in [5.41, 5.74) is 0.908. The Hall–Kier alpha value is -1.30. The summed E-state index contributed by atoms with van der Waals surface area (Å²) in [7, 11) is 0. The number of nitrogens with one attached hydrogen (secondary N) is 2. The van der Waals surface area contributed by atoms with Crippen molar-refractivity contribution in [2.24, 2.45) is 0 Å². The normalized spacial score (nSPS) is 10.3. The van der Waals surface area contributed by atoms with Crippen LogP contribution in [0.25, 0.3) is 0 Å². The SMILES string of the molecule is S=C(NCCCn1cc(Cl)cn1)Nc1ccc(Cl)cc1. The summed E-state index contributed by atoms with van der Waals surface area (Å²) < 4.78 is 1.81. The molecule has 0 aliphatic carbocycles. The van der Waals surface area contributed by atoms with Crippen LogP contribution in [0, 0.1) is 0 Å². The Bertz CT molecular complexity index is 568. The van der Waals surface area contributed by atoms with Gasteiger partial charge in [0.1, 0.15) is 0 Å². The fourth-order valence-electron chi connectivity index (χ4n) is 1.61. The van der Waals surface area contributed by atoms with Gasteiger partial charge in [-0.25, -0.2) is 0 Å². The third-order valence-electron chi connectivity index (χ3n) is 2.55. The van der Waals surface area contributed by atoms with Gasteiger partial charge in [0, 0.05) is 30.0 Å². The van der Waals surface area contributed by atoms with Gasteiger partial charge >= 0.3 is 0 Å². The number of thiocarbonyl (C=S) groups is 1. The van der Waals surface area contributed by atoms with Crippen molar-refractivity contribution >= 4 is 46.2 Å². The average Bonchev–Trinajstić information content (AvgIpc) is 2.83. The third kappa shape index (κ3) is 5.00. The first-order chi connectivity index (χ1) is 9.63. The molecule has 0 radical (unpaired) electrons. The summed E-state index contributed by atoms with van der Waals surface area (Å²) in [6.45, 7) is 1.56. The van der Waals surface area contributed by atoms with Crippen molar-refractivity contribution in [1.29, 1.82) is 0 Å². The lowest BCUT2D eigenvalue weighted by atomic mass is 10.3. The van der Waals surface area contributed by atoms with Gasteiger partial charge in [-0.15, -0.1) is 0 Å². The number of anilines is 1. The number of halogens is 2. The Morgan fingerprint density at radius 3 is 2.60 bits per heavy atom. The summed E-state index contributed by atoms with van der Waals surface area (Å²) in [6.07, 6.45) is 4.33. The molecule has 20 heavy (non-hydrogen) atoms. The quantitative estimate of drug-likeness (QED) is 0.650. The topological polar surface area (TPSA) is 41.9 Å². The van der Waals surface area contributed by atoms with Crippen LogP contribution in [-0.4, -0.2) is 21.4 Å². The second-order valence-electron chi connectivity index (χ2n) is 4.16. The number of aromatic nitrogens is 2. The highest BCUT2D eigenvalue weighted by Gasteiger charge is 1.98. The number of rotatable bonds is 5. The predicted molar refractivity (Wildman–Crippen MR) is 87.5 cm³/mol. The van der Waals surface area contributed by atoms with Gasteiger partial charge in [-0.05, 0) is 42.9 Å². The molecule has 2 rings (SSSR count). The van der Waals surface area contributed by atoms with E-state index >= 15 is 0 Å². The summed E-state index contributed by atoms with van der Waals surface area (Å²) in [6, 6.07) is 7.38. The molecule has 4 nitrogen and oxygen atoms in total. The number of aryl methyl sites for hydroxylation is 1. The van der Waals surface area contributed by atoms with E-state index in [0.29, 0.717) is 15.2 Å². The molecule has 2 N–H and O–H groups in total. The minimum atomic E-state index is 0.589. The van der Waals surface area contributed by atoms with Gasteiger partial charge in [0.15, 0.2) is 5.11 Å². The first-order valence-corrected chi connectivity index (χ1v) is 7.28. The fraction of sp³-hybridized carbons (Fsp3) is 0.231. The van der Waals surface area contributed by atoms with Crippen molar-refractivity contribution < 1.29 is 0 Å². The molecule has 0 unspecified atom stereocenters. The smallest absolute Gasteiger partial charge is 0.170 e. The second-order valence-corrected chi connectivity index (χ2v) is 5.44. The summed E-state index contributed by atoms with van der Waals surface area (Å²) in [5, 5.41) is 12.3. The predicted octanol–water partition coefficient (Wildman–Crippen LogP) is 3.57. The van der Waals surface area contributed by atoms with Gasteiger partial charge in [-0.1, -0.05) is 23.2 Å². The molecule has 106 valence electrons. The van der Waals surface area contributed by atoms with Crippen molar-refractivity contribution in [2.45, 2.75) is 13.0 Å². The maximum absolute atomic E-state index is 5.82. The Balaban J connectivity index is 1.66. The zero-order valence-corrected chi connectivity index (χ0v) is 13.0. The van der Waals surface area contributed by atoms with Crippen LogP contribution in [0.5, 0.6) is 0 Å². The van der Waals surface area contributed by atoms with Crippen LogP contribution in [0.2, 0.25) is 10.0 Å². The molecule has 0 saturated carbocycles. The highest BCUT2D eigenvalue weighted by molar-refractivity contribution is 7.80. The summed E-state index contributed by atoms with van der Waals surface area (Å²) >= 11 is 16.8. The molecule has 1 heterocycles. The van der Waals surface area contributed by atoms with Crippen molar-refractivity contribution in [3.8, 4) is 0 Å². The molecule has 7 heteroatoms. The van der Waals surface area contributed by atoms with Crippen molar-refractivity contribution in [3.63, 3.8) is 0 Å². The monoisotopic (exact) mass is 328 g/mol. The molecule has 0 aliphatic heterocycles. The molecule has 1 aromatic heterocycles. The lowest BCUT2D eigenvalue weighted by Crippen LogP contribution is -2.29. The minimum Gasteiger partial charge on any atom is -0.362 e. The van der Waals surface area contributed by atoms with E-state index in [2.05, 4.69) is 15.7 Å². The van der Waals surface area contributed by atoms with E-state index in [1.165, 1.54) is 0 Å². The van der Waals surface area contributed by atoms with E-state index in [1.54, 1.807) is 17.1 Å². The highest BCUT2D eigenvalue weighted by Crippen LogP contribution is 2.13. The highest BCUT2D eigenvalue weighted by atomic mass is 35.5. The Morgan fingerprint density at radius 1 is 1.20 bits per heavy atom. The Kier molecular flexibility index (Phi) is 5.64. The number of benzene rings is 1. The molecule has 0 atom stereocenters. The molecule has 0 fully saturated rings. The van der Waals surface area contributed by atoms with Crippen LogP contribution in [0.4, 0.5) is 5.69 Å². The summed E-state index contributed by atoms with van der Waals surface area (Å²) in [5.74, 6) is 0. The van der Waals surface area contributed by atoms with Crippen LogP contribution in [0.15, 0.2) is 36.7 Å². The van der Waals surface area contributed by atoms with Crippen molar-refractivity contribution in [3.05, 3.63) is 46.7 Å². The molecular formula is C13H14Cl2N4S. The molecule has 0 aliphatic rings. The van der Waals surface area contributed by atoms with Crippen LogP contribution >= 0.6 is 35.4 Å². The molecule has 0 saturated heterocycles. The zero-order valence-electron chi connectivity index (χ0n) is 10.6. The number of hydrogen-bond acceptors (Lipinski definition) is 2. The molecule has 1 aromatic carbocycles. The minimum absolute atomic E-state index is 0.589. The summed E-state index contributed by atoms with van der Waals surface area (Å²) in [4.78, 5) is 0. The lowest BCUT2D eigenvalue weighted by molar-refractivity contribution is 0.574. The zero-order chi connectivity index (χ0) is 14.4. The van der Waals surface area contributed by atoms with E-state index in [0.717, 1.165) is 25.2 Å². The molecule has 0 bridgehead atoms. The van der Waals surface area contributed by atoms with Gasteiger partial charge < -0.3 is 10.6 Å². The largest absolute Gasteiger partial charge is 0.362 e. The van der Waals surface area contributed by atoms with E-state index in [1.807, 2.05) is 24.3 Å². The van der Waals surface area contributed by atoms with E-state index < -0.39 is 0 Å². The second kappa shape index (κ2) is 7.47. The maximum Gasteiger partial charge on any atom is 0.170 e. The first-order valence-electron chi connectivity index (χ1n) is 6.12. The Labute approximate surface area is 133 Å². The third-order valence-corrected chi connectivity index (χ3v) is 3.25. The van der Waals surface area contributed by atoms with Gasteiger partial charge in [-0.2, -0.15) is 5.10 Å². The molecule has 0 spiro atoms. The number of nitrogens with zero attached hydrogens (tertiary/aromatic N) is 2. The van der Waals surface area contributed by atoms with Gasteiger partial charge in [-0.3, -0.25) is 4.68 Å². The van der Waals surface area contributed by atoms with Gasteiger partial charge in [0.05, 0.1) is 11.2 Å². The van der Waals surface area contributed by atoms with Crippen LogP contribution in [-0.2, 0) is 6.54 Å². The lowest BCUT2D eigenvalue weighted by Gasteiger charge is -2.10. The van der Waals surface area contributed by atoms with Crippen molar-refractivity contribution in [1.82, 2.24) is 15.1 Å². The van der Waals surface area contributed by atoms with E-state index in [4.69, 9.17) is 35.4 Å². The maximum atomic E-state index is 5.82.